The van der Waals surface area contributed by atoms with Gasteiger partial charge in [0.25, 0.3) is 0 Å². The lowest BCUT2D eigenvalue weighted by atomic mass is 10.1. The number of aromatic nitrogens is 1. The van der Waals surface area contributed by atoms with Gasteiger partial charge in [-0.2, -0.15) is 0 Å². The van der Waals surface area contributed by atoms with Gasteiger partial charge in [-0.05, 0) is 30.2 Å². The van der Waals surface area contributed by atoms with E-state index >= 15 is 0 Å². The minimum Gasteiger partial charge on any atom is -0.493 e. The zero-order valence-electron chi connectivity index (χ0n) is 22.3. The molecule has 0 fully saturated rings. The number of thiophene rings is 2. The van der Waals surface area contributed by atoms with Crippen molar-refractivity contribution in [2.75, 3.05) is 28.4 Å². The summed E-state index contributed by atoms with van der Waals surface area (Å²) in [4.78, 5) is 27.2. The molecule has 198 valence electrons. The highest BCUT2D eigenvalue weighted by molar-refractivity contribution is 7.34. The number of fused-ring (bicyclic) bond motifs is 11. The normalized spacial score (nSPS) is 12.4. The van der Waals surface area contributed by atoms with Crippen LogP contribution in [0.15, 0.2) is 33.9 Å². The van der Waals surface area contributed by atoms with Crippen molar-refractivity contribution in [3.63, 3.8) is 0 Å². The van der Waals surface area contributed by atoms with Gasteiger partial charge < -0.3 is 23.5 Å². The van der Waals surface area contributed by atoms with E-state index in [-0.39, 0.29) is 10.9 Å². The number of hydrogen-bond donors (Lipinski definition) is 0. The van der Waals surface area contributed by atoms with Gasteiger partial charge in [0.2, 0.25) is 10.9 Å². The number of nitrogens with zero attached hydrogens (tertiary/aromatic N) is 1. The van der Waals surface area contributed by atoms with Crippen LogP contribution >= 0.6 is 22.7 Å². The summed E-state index contributed by atoms with van der Waals surface area (Å²) in [7, 11) is 6.35. The summed E-state index contributed by atoms with van der Waals surface area (Å²) in [5.74, 6) is 2.57. The third-order valence-corrected chi connectivity index (χ3v) is 10.1. The lowest BCUT2D eigenvalue weighted by Crippen LogP contribution is -2.03. The largest absolute Gasteiger partial charge is 0.493 e. The van der Waals surface area contributed by atoms with E-state index in [1.807, 2.05) is 12.1 Å². The predicted molar refractivity (Wildman–Crippen MR) is 161 cm³/mol. The molecule has 0 spiro atoms. The van der Waals surface area contributed by atoms with E-state index in [0.717, 1.165) is 57.9 Å². The standard InChI is InChI=1S/C30H25NO6S2/c1-12(2)11-31-23-21-13-7-17(34-3)19(36-5)9-15(13)25(32)27(21)38-29(23)30-24(31)22-14-8-18(35-4)20(37-6)10-16(14)26(33)28(22)39-30/h7-10,12H,11H2,1-6H3. The van der Waals surface area contributed by atoms with Crippen LogP contribution in [0.4, 0.5) is 0 Å². The summed E-state index contributed by atoms with van der Waals surface area (Å²) in [6.07, 6.45) is 0. The third kappa shape index (κ3) is 3.02. The average Bonchev–Trinajstić information content (AvgIpc) is 3.69. The number of hydrogen-bond acceptors (Lipinski definition) is 8. The van der Waals surface area contributed by atoms with E-state index in [9.17, 15) is 9.59 Å². The molecule has 4 aromatic carbocycles. The molecule has 0 atom stereocenters. The Morgan fingerprint density at radius 1 is 0.615 bits per heavy atom. The van der Waals surface area contributed by atoms with E-state index < -0.39 is 0 Å². The summed E-state index contributed by atoms with van der Waals surface area (Å²) >= 11 is 3.02. The molecule has 0 radical (unpaired) electrons. The Morgan fingerprint density at radius 3 is 1.31 bits per heavy atom. The van der Waals surface area contributed by atoms with Crippen molar-refractivity contribution in [1.82, 2.24) is 4.57 Å². The summed E-state index contributed by atoms with van der Waals surface area (Å²) in [6.45, 7) is 5.09. The minimum atomic E-state index is -0.00579. The fourth-order valence-corrected chi connectivity index (χ4v) is 8.62. The zero-order valence-corrected chi connectivity index (χ0v) is 23.9. The summed E-state index contributed by atoms with van der Waals surface area (Å²) in [5, 5.41) is 4.83. The molecular formula is C30H25NO6S2. The van der Waals surface area contributed by atoms with Crippen LogP contribution in [0.3, 0.4) is 0 Å². The molecule has 0 amide bonds. The van der Waals surface area contributed by atoms with E-state index in [1.54, 1.807) is 40.6 Å². The van der Waals surface area contributed by atoms with Crippen LogP contribution in [0.2, 0.25) is 0 Å². The Labute approximate surface area is 230 Å². The highest BCUT2D eigenvalue weighted by Crippen LogP contribution is 2.51. The Hall–Kier alpha value is -3.82. The summed E-state index contributed by atoms with van der Waals surface area (Å²) < 4.78 is 28.0. The van der Waals surface area contributed by atoms with Gasteiger partial charge in [-0.1, -0.05) is 13.8 Å². The molecular weight excluding hydrogens is 534 g/mol. The van der Waals surface area contributed by atoms with Crippen LogP contribution in [-0.2, 0) is 6.54 Å². The predicted octanol–water partition coefficient (Wildman–Crippen LogP) is 6.82. The maximum Gasteiger partial charge on any atom is 0.204 e. The Bertz CT molecular complexity index is 2070. The van der Waals surface area contributed by atoms with Gasteiger partial charge >= 0.3 is 0 Å². The second-order valence-electron chi connectivity index (χ2n) is 10.1. The molecule has 9 heteroatoms. The van der Waals surface area contributed by atoms with Crippen molar-refractivity contribution in [2.24, 2.45) is 5.92 Å². The number of benzene rings is 2. The molecule has 0 N–H and O–H groups in total. The first-order valence-electron chi connectivity index (χ1n) is 12.6. The monoisotopic (exact) mass is 559 g/mol. The average molecular weight is 560 g/mol. The van der Waals surface area contributed by atoms with Gasteiger partial charge in [0.05, 0.1) is 58.3 Å². The van der Waals surface area contributed by atoms with Gasteiger partial charge in [0.15, 0.2) is 23.0 Å². The fourth-order valence-electron chi connectivity index (χ4n) is 5.94. The zero-order chi connectivity index (χ0) is 27.3. The minimum absolute atomic E-state index is 0.00579. The molecule has 0 aliphatic heterocycles. The van der Waals surface area contributed by atoms with Gasteiger partial charge in [-0.15, -0.1) is 22.7 Å². The molecule has 0 bridgehead atoms. The number of ether oxygens (including phenoxy) is 4. The number of rotatable bonds is 6. The first kappa shape index (κ1) is 24.2. The molecule has 0 unspecified atom stereocenters. The van der Waals surface area contributed by atoms with E-state index in [0.29, 0.717) is 39.7 Å². The Balaban J connectivity index is 1.70. The van der Waals surface area contributed by atoms with Crippen LogP contribution in [0.25, 0.3) is 62.2 Å². The first-order chi connectivity index (χ1) is 18.8. The van der Waals surface area contributed by atoms with Crippen molar-refractivity contribution in [1.29, 1.82) is 0 Å². The van der Waals surface area contributed by atoms with Crippen LogP contribution in [-0.4, -0.2) is 33.0 Å². The molecule has 0 saturated carbocycles. The molecule has 0 saturated heterocycles. The smallest absolute Gasteiger partial charge is 0.204 e. The van der Waals surface area contributed by atoms with Crippen molar-refractivity contribution < 1.29 is 18.9 Å². The van der Waals surface area contributed by atoms with Crippen LogP contribution in [0.5, 0.6) is 23.0 Å². The van der Waals surface area contributed by atoms with E-state index in [4.69, 9.17) is 18.9 Å². The highest BCUT2D eigenvalue weighted by Gasteiger charge is 2.29. The van der Waals surface area contributed by atoms with Gasteiger partial charge in [-0.25, -0.2) is 0 Å². The van der Waals surface area contributed by atoms with Gasteiger partial charge in [-0.3, -0.25) is 9.59 Å². The maximum absolute atomic E-state index is 13.6. The van der Waals surface area contributed by atoms with Crippen LogP contribution in [0, 0.1) is 5.92 Å². The van der Waals surface area contributed by atoms with Gasteiger partial charge in [0.1, 0.15) is 0 Å². The van der Waals surface area contributed by atoms with Crippen molar-refractivity contribution >= 4 is 84.8 Å². The third-order valence-electron chi connectivity index (χ3n) is 7.55. The lowest BCUT2D eigenvalue weighted by Gasteiger charge is -2.11. The highest BCUT2D eigenvalue weighted by atomic mass is 32.1. The molecule has 39 heavy (non-hydrogen) atoms. The molecule has 7 aromatic rings. The second-order valence-corrected chi connectivity index (χ2v) is 12.2. The summed E-state index contributed by atoms with van der Waals surface area (Å²) in [5.41, 5.74) is 2.06. The molecule has 7 rings (SSSR count). The van der Waals surface area contributed by atoms with Crippen LogP contribution in [0.1, 0.15) is 13.8 Å². The molecule has 7 nitrogen and oxygen atoms in total. The van der Waals surface area contributed by atoms with Crippen molar-refractivity contribution in [2.45, 2.75) is 20.4 Å². The molecule has 3 aromatic heterocycles. The Kier molecular flexibility index (Phi) is 5.18. The second kappa shape index (κ2) is 8.34. The molecule has 3 heterocycles. The van der Waals surface area contributed by atoms with Crippen molar-refractivity contribution in [3.05, 3.63) is 44.7 Å². The topological polar surface area (TPSA) is 76.0 Å². The molecule has 0 aliphatic rings. The van der Waals surface area contributed by atoms with Gasteiger partial charge in [0, 0.05) is 38.9 Å². The summed E-state index contributed by atoms with van der Waals surface area (Å²) in [6, 6.07) is 7.37. The fraction of sp³-hybridized carbons (Fsp3) is 0.267. The lowest BCUT2D eigenvalue weighted by molar-refractivity contribution is 0.356. The quantitative estimate of drug-likeness (QED) is 0.223. The SMILES string of the molecule is COc1cc2c(=O)c3sc4c5sc6c(=O)c7cc(OC)c(OC)cc7c6c5n(CC(C)C)c4c3c2cc1OC. The first-order valence-corrected chi connectivity index (χ1v) is 14.2. The van der Waals surface area contributed by atoms with Crippen molar-refractivity contribution in [3.8, 4) is 23.0 Å². The van der Waals surface area contributed by atoms with E-state index in [2.05, 4.69) is 18.4 Å². The number of methoxy groups -OCH3 is 4. The molecule has 0 aliphatic carbocycles. The van der Waals surface area contributed by atoms with Crippen LogP contribution < -0.4 is 29.8 Å². The Morgan fingerprint density at radius 2 is 0.974 bits per heavy atom. The van der Waals surface area contributed by atoms with E-state index in [1.165, 1.54) is 22.7 Å². The maximum atomic E-state index is 13.6.